The fraction of sp³-hybridized carbons (Fsp3) is 0.545. The van der Waals surface area contributed by atoms with Crippen LogP contribution in [0.5, 0.6) is 5.88 Å². The van der Waals surface area contributed by atoms with Crippen molar-refractivity contribution in [2.24, 2.45) is 5.92 Å². The molecular formula is C11H18N2O. The van der Waals surface area contributed by atoms with E-state index in [4.69, 9.17) is 10.5 Å². The third-order valence-corrected chi connectivity index (χ3v) is 2.07. The first-order valence-corrected chi connectivity index (χ1v) is 4.94. The van der Waals surface area contributed by atoms with Crippen molar-refractivity contribution in [1.82, 2.24) is 4.98 Å². The van der Waals surface area contributed by atoms with Gasteiger partial charge in [-0.2, -0.15) is 0 Å². The van der Waals surface area contributed by atoms with E-state index >= 15 is 0 Å². The highest BCUT2D eigenvalue weighted by Gasteiger charge is 2.00. The van der Waals surface area contributed by atoms with Crippen molar-refractivity contribution < 1.29 is 4.74 Å². The number of aromatic nitrogens is 1. The Morgan fingerprint density at radius 3 is 2.79 bits per heavy atom. The lowest BCUT2D eigenvalue weighted by atomic mass is 10.1. The maximum Gasteiger partial charge on any atom is 0.213 e. The van der Waals surface area contributed by atoms with E-state index in [2.05, 4.69) is 18.8 Å². The second-order valence-corrected chi connectivity index (χ2v) is 3.91. The van der Waals surface area contributed by atoms with Crippen molar-refractivity contribution >= 4 is 5.69 Å². The highest BCUT2D eigenvalue weighted by Crippen LogP contribution is 2.15. The number of nitrogens with two attached hydrogens (primary N) is 1. The summed E-state index contributed by atoms with van der Waals surface area (Å²) in [6.45, 7) is 7.01. The fourth-order valence-electron chi connectivity index (χ4n) is 1.02. The molecular weight excluding hydrogens is 176 g/mol. The second-order valence-electron chi connectivity index (χ2n) is 3.91. The molecule has 0 fully saturated rings. The van der Waals surface area contributed by atoms with Crippen LogP contribution in [0.25, 0.3) is 0 Å². The molecule has 0 bridgehead atoms. The number of nitrogens with zero attached hydrogens (tertiary/aromatic N) is 1. The fourth-order valence-corrected chi connectivity index (χ4v) is 1.02. The average Bonchev–Trinajstić information content (AvgIpc) is 2.10. The predicted molar refractivity (Wildman–Crippen MR) is 58.3 cm³/mol. The summed E-state index contributed by atoms with van der Waals surface area (Å²) in [5.74, 6) is 1.32. The zero-order valence-corrected chi connectivity index (χ0v) is 9.08. The number of rotatable bonds is 4. The molecule has 0 saturated carbocycles. The van der Waals surface area contributed by atoms with Gasteiger partial charge in [0.05, 0.1) is 18.5 Å². The van der Waals surface area contributed by atoms with Crippen molar-refractivity contribution in [1.29, 1.82) is 0 Å². The molecule has 0 atom stereocenters. The number of aryl methyl sites for hydroxylation is 1. The Morgan fingerprint density at radius 1 is 1.50 bits per heavy atom. The van der Waals surface area contributed by atoms with Crippen molar-refractivity contribution in [3.8, 4) is 5.88 Å². The smallest absolute Gasteiger partial charge is 0.213 e. The molecule has 0 aliphatic heterocycles. The minimum atomic E-state index is 0.657. The number of hydrogen-bond donors (Lipinski definition) is 1. The van der Waals surface area contributed by atoms with Gasteiger partial charge >= 0.3 is 0 Å². The lowest BCUT2D eigenvalue weighted by Gasteiger charge is -2.08. The van der Waals surface area contributed by atoms with Gasteiger partial charge in [0.2, 0.25) is 5.88 Å². The number of pyridine rings is 1. The molecule has 0 radical (unpaired) electrons. The predicted octanol–water partition coefficient (Wildman–Crippen LogP) is 2.40. The molecule has 0 saturated heterocycles. The van der Waals surface area contributed by atoms with E-state index in [-0.39, 0.29) is 0 Å². The van der Waals surface area contributed by atoms with Gasteiger partial charge in [-0.1, -0.05) is 13.8 Å². The molecule has 0 unspecified atom stereocenters. The van der Waals surface area contributed by atoms with Crippen LogP contribution >= 0.6 is 0 Å². The highest BCUT2D eigenvalue weighted by molar-refractivity contribution is 5.45. The van der Waals surface area contributed by atoms with E-state index in [1.54, 1.807) is 6.20 Å². The quantitative estimate of drug-likeness (QED) is 0.800. The van der Waals surface area contributed by atoms with Crippen LogP contribution in [0.3, 0.4) is 0 Å². The number of anilines is 1. The number of nitrogen functional groups attached to an aromatic ring is 1. The van der Waals surface area contributed by atoms with Crippen LogP contribution in [0.2, 0.25) is 0 Å². The normalized spacial score (nSPS) is 10.6. The molecule has 1 rings (SSSR count). The van der Waals surface area contributed by atoms with Gasteiger partial charge in [0, 0.05) is 6.07 Å². The van der Waals surface area contributed by atoms with Crippen molar-refractivity contribution in [3.63, 3.8) is 0 Å². The SMILES string of the molecule is Cc1cc(OCCC(C)C)ncc1N. The third-order valence-electron chi connectivity index (χ3n) is 2.07. The molecule has 0 amide bonds. The summed E-state index contributed by atoms with van der Waals surface area (Å²) >= 11 is 0. The Hall–Kier alpha value is -1.25. The average molecular weight is 194 g/mol. The van der Waals surface area contributed by atoms with E-state index in [1.165, 1.54) is 0 Å². The Labute approximate surface area is 85.3 Å². The molecule has 3 heteroatoms. The molecule has 0 aliphatic carbocycles. The van der Waals surface area contributed by atoms with Crippen molar-refractivity contribution in [3.05, 3.63) is 17.8 Å². The van der Waals surface area contributed by atoms with Gasteiger partial charge in [-0.15, -0.1) is 0 Å². The largest absolute Gasteiger partial charge is 0.478 e. The van der Waals surface area contributed by atoms with Crippen LogP contribution in [-0.2, 0) is 0 Å². The van der Waals surface area contributed by atoms with Crippen LogP contribution in [0, 0.1) is 12.8 Å². The standard InChI is InChI=1S/C11H18N2O/c1-8(2)4-5-14-11-6-9(3)10(12)7-13-11/h6-8H,4-5,12H2,1-3H3. The monoisotopic (exact) mass is 194 g/mol. The van der Waals surface area contributed by atoms with E-state index in [9.17, 15) is 0 Å². The molecule has 0 aromatic carbocycles. The summed E-state index contributed by atoms with van der Waals surface area (Å²) in [5, 5.41) is 0. The second kappa shape index (κ2) is 4.84. The van der Waals surface area contributed by atoms with Crippen LogP contribution in [0.1, 0.15) is 25.8 Å². The van der Waals surface area contributed by atoms with E-state index in [0.29, 0.717) is 24.1 Å². The number of hydrogen-bond acceptors (Lipinski definition) is 3. The summed E-state index contributed by atoms with van der Waals surface area (Å²) in [7, 11) is 0. The highest BCUT2D eigenvalue weighted by atomic mass is 16.5. The molecule has 1 heterocycles. The van der Waals surface area contributed by atoms with Gasteiger partial charge in [0.1, 0.15) is 0 Å². The Balaban J connectivity index is 2.47. The summed E-state index contributed by atoms with van der Waals surface area (Å²) in [6.07, 6.45) is 2.69. The molecule has 78 valence electrons. The van der Waals surface area contributed by atoms with E-state index in [0.717, 1.165) is 12.0 Å². The maximum atomic E-state index is 5.65. The van der Waals surface area contributed by atoms with Crippen LogP contribution in [-0.4, -0.2) is 11.6 Å². The zero-order chi connectivity index (χ0) is 10.6. The molecule has 0 spiro atoms. The van der Waals surface area contributed by atoms with E-state index < -0.39 is 0 Å². The lowest BCUT2D eigenvalue weighted by Crippen LogP contribution is -2.03. The summed E-state index contributed by atoms with van der Waals surface area (Å²) in [4.78, 5) is 4.09. The molecule has 1 aromatic rings. The molecule has 1 aromatic heterocycles. The third kappa shape index (κ3) is 3.24. The Kier molecular flexibility index (Phi) is 3.74. The minimum absolute atomic E-state index is 0.657. The van der Waals surface area contributed by atoms with E-state index in [1.807, 2.05) is 13.0 Å². The lowest BCUT2D eigenvalue weighted by molar-refractivity contribution is 0.279. The van der Waals surface area contributed by atoms with Gasteiger partial charge < -0.3 is 10.5 Å². The Bertz CT molecular complexity index is 297. The molecule has 3 nitrogen and oxygen atoms in total. The van der Waals surface area contributed by atoms with Gasteiger partial charge in [0.25, 0.3) is 0 Å². The maximum absolute atomic E-state index is 5.65. The Morgan fingerprint density at radius 2 is 2.21 bits per heavy atom. The van der Waals surface area contributed by atoms with Gasteiger partial charge in [-0.05, 0) is 24.8 Å². The first-order valence-electron chi connectivity index (χ1n) is 4.94. The summed E-state index contributed by atoms with van der Waals surface area (Å²) < 4.78 is 5.49. The van der Waals surface area contributed by atoms with Gasteiger partial charge in [-0.25, -0.2) is 4.98 Å². The number of ether oxygens (including phenoxy) is 1. The first kappa shape index (κ1) is 10.8. The molecule has 0 aliphatic rings. The summed E-state index contributed by atoms with van der Waals surface area (Å²) in [5.41, 5.74) is 7.37. The zero-order valence-electron chi connectivity index (χ0n) is 9.08. The van der Waals surface area contributed by atoms with Crippen molar-refractivity contribution in [2.75, 3.05) is 12.3 Å². The topological polar surface area (TPSA) is 48.1 Å². The van der Waals surface area contributed by atoms with Crippen molar-refractivity contribution in [2.45, 2.75) is 27.2 Å². The molecule has 14 heavy (non-hydrogen) atoms. The van der Waals surface area contributed by atoms with Crippen LogP contribution < -0.4 is 10.5 Å². The molecule has 2 N–H and O–H groups in total. The van der Waals surface area contributed by atoms with Crippen LogP contribution in [0.4, 0.5) is 5.69 Å². The first-order chi connectivity index (χ1) is 6.59. The summed E-state index contributed by atoms with van der Waals surface area (Å²) in [6, 6.07) is 1.87. The van der Waals surface area contributed by atoms with Gasteiger partial charge in [0.15, 0.2) is 0 Å². The minimum Gasteiger partial charge on any atom is -0.478 e. The van der Waals surface area contributed by atoms with Gasteiger partial charge in [-0.3, -0.25) is 0 Å². The van der Waals surface area contributed by atoms with Crippen LogP contribution in [0.15, 0.2) is 12.3 Å².